The second-order valence-electron chi connectivity index (χ2n) is 7.72. The molecule has 0 unspecified atom stereocenters. The van der Waals surface area contributed by atoms with Crippen LogP contribution >= 0.6 is 0 Å². The van der Waals surface area contributed by atoms with Gasteiger partial charge < -0.3 is 5.32 Å². The zero-order valence-corrected chi connectivity index (χ0v) is 19.1. The Morgan fingerprint density at radius 2 is 1.50 bits per heavy atom. The van der Waals surface area contributed by atoms with Gasteiger partial charge in [0.05, 0.1) is 18.0 Å². The number of carbonyl (C=O) groups is 1. The van der Waals surface area contributed by atoms with Crippen molar-refractivity contribution >= 4 is 21.6 Å². The lowest BCUT2D eigenvalue weighted by molar-refractivity contribution is -0.122. The van der Waals surface area contributed by atoms with Gasteiger partial charge in [-0.1, -0.05) is 67.1 Å². The van der Waals surface area contributed by atoms with Gasteiger partial charge in [0.25, 0.3) is 0 Å². The molecule has 0 bridgehead atoms. The lowest BCUT2D eigenvalue weighted by atomic mass is 9.97. The number of rotatable bonds is 8. The quantitative estimate of drug-likeness (QED) is 0.542. The van der Waals surface area contributed by atoms with E-state index in [0.717, 1.165) is 27.3 Å². The molecule has 0 fully saturated rings. The van der Waals surface area contributed by atoms with E-state index < -0.39 is 33.8 Å². The Morgan fingerprint density at radius 3 is 2.03 bits per heavy atom. The summed E-state index contributed by atoms with van der Waals surface area (Å²) in [7, 11) is -3.81. The van der Waals surface area contributed by atoms with Crippen LogP contribution in [0, 0.1) is 12.7 Å². The highest BCUT2D eigenvalue weighted by Gasteiger charge is 2.33. The number of aryl methyl sites for hydroxylation is 1. The van der Waals surface area contributed by atoms with Crippen molar-refractivity contribution in [2.24, 2.45) is 0 Å². The summed E-state index contributed by atoms with van der Waals surface area (Å²) < 4.78 is 39.7. The third kappa shape index (κ3) is 5.53. The maximum absolute atomic E-state index is 13.4. The first-order valence-corrected chi connectivity index (χ1v) is 12.2. The molecule has 3 aromatic carbocycles. The number of nitrogens with one attached hydrogen (secondary N) is 1. The normalized spacial score (nSPS) is 13.2. The number of hydrogen-bond acceptors (Lipinski definition) is 3. The summed E-state index contributed by atoms with van der Waals surface area (Å²) in [6, 6.07) is 21.0. The zero-order valence-electron chi connectivity index (χ0n) is 18.3. The van der Waals surface area contributed by atoms with Crippen molar-refractivity contribution < 1.29 is 17.6 Å². The van der Waals surface area contributed by atoms with E-state index in [2.05, 4.69) is 5.32 Å². The zero-order chi connectivity index (χ0) is 23.3. The van der Waals surface area contributed by atoms with Crippen LogP contribution in [0.4, 0.5) is 10.1 Å². The first-order chi connectivity index (χ1) is 15.2. The minimum absolute atomic E-state index is 0.238. The van der Waals surface area contributed by atoms with Gasteiger partial charge in [-0.3, -0.25) is 9.10 Å². The van der Waals surface area contributed by atoms with Crippen molar-refractivity contribution in [3.63, 3.8) is 0 Å². The molecule has 0 aliphatic carbocycles. The number of carbonyl (C=O) groups excluding carboxylic acids is 1. The maximum Gasteiger partial charge on any atom is 0.244 e. The Labute approximate surface area is 188 Å². The predicted molar refractivity (Wildman–Crippen MR) is 125 cm³/mol. The Hall–Kier alpha value is -3.19. The summed E-state index contributed by atoms with van der Waals surface area (Å²) in [4.78, 5) is 13.4. The van der Waals surface area contributed by atoms with Gasteiger partial charge in [-0.15, -0.1) is 0 Å². The third-order valence-corrected chi connectivity index (χ3v) is 6.42. The van der Waals surface area contributed by atoms with E-state index >= 15 is 0 Å². The van der Waals surface area contributed by atoms with Gasteiger partial charge in [-0.25, -0.2) is 12.8 Å². The molecule has 0 heterocycles. The largest absolute Gasteiger partial charge is 0.343 e. The van der Waals surface area contributed by atoms with Gasteiger partial charge in [0.15, 0.2) is 0 Å². The fourth-order valence-electron chi connectivity index (χ4n) is 3.65. The molecule has 1 N–H and O–H groups in total. The number of amides is 1. The molecule has 0 saturated carbocycles. The second-order valence-corrected chi connectivity index (χ2v) is 9.58. The molecule has 2 atom stereocenters. The van der Waals surface area contributed by atoms with E-state index in [1.165, 1.54) is 24.3 Å². The van der Waals surface area contributed by atoms with Gasteiger partial charge in [0.1, 0.15) is 11.9 Å². The average Bonchev–Trinajstić information content (AvgIpc) is 2.77. The fourth-order valence-corrected chi connectivity index (χ4v) is 4.86. The first-order valence-electron chi connectivity index (χ1n) is 10.4. The number of benzene rings is 3. The summed E-state index contributed by atoms with van der Waals surface area (Å²) >= 11 is 0. The molecule has 0 aliphatic rings. The van der Waals surface area contributed by atoms with Crippen LogP contribution in [0.5, 0.6) is 0 Å². The van der Waals surface area contributed by atoms with E-state index in [-0.39, 0.29) is 12.1 Å². The summed E-state index contributed by atoms with van der Waals surface area (Å²) in [5.74, 6) is -0.917. The molecule has 1 amide bonds. The Bertz CT molecular complexity index is 1150. The molecule has 0 spiro atoms. The van der Waals surface area contributed by atoms with E-state index in [9.17, 15) is 17.6 Å². The van der Waals surface area contributed by atoms with E-state index in [0.29, 0.717) is 0 Å². The lowest BCUT2D eigenvalue weighted by Gasteiger charge is -2.31. The van der Waals surface area contributed by atoms with Gasteiger partial charge >= 0.3 is 0 Å². The van der Waals surface area contributed by atoms with Crippen LogP contribution in [0.25, 0.3) is 0 Å². The molecule has 168 valence electrons. The summed E-state index contributed by atoms with van der Waals surface area (Å²) in [5, 5.41) is 3.03. The van der Waals surface area contributed by atoms with Crippen LogP contribution in [0.15, 0.2) is 78.9 Å². The van der Waals surface area contributed by atoms with Gasteiger partial charge in [-0.05, 0) is 48.7 Å². The number of sulfonamides is 1. The monoisotopic (exact) mass is 454 g/mol. The standard InChI is InChI=1S/C25H27FN2O3S/c1-4-23(28(32(3,30)31)22-16-14-21(26)15-17-22)25(29)27-24(19-8-6-5-7-9-19)20-12-10-18(2)11-13-20/h5-17,23-24H,4H2,1-3H3,(H,27,29)/t23-,24+/m1/s1. The number of anilines is 1. The Morgan fingerprint density at radius 1 is 0.938 bits per heavy atom. The smallest absolute Gasteiger partial charge is 0.244 e. The predicted octanol–water partition coefficient (Wildman–Crippen LogP) is 4.58. The van der Waals surface area contributed by atoms with Crippen LogP contribution in [0.3, 0.4) is 0 Å². The van der Waals surface area contributed by atoms with Gasteiger partial charge in [0.2, 0.25) is 15.9 Å². The van der Waals surface area contributed by atoms with E-state index in [4.69, 9.17) is 0 Å². The fraction of sp³-hybridized carbons (Fsp3) is 0.240. The molecule has 0 saturated heterocycles. The molecular weight excluding hydrogens is 427 g/mol. The molecule has 0 radical (unpaired) electrons. The van der Waals surface area contributed by atoms with E-state index in [1.54, 1.807) is 6.92 Å². The SMILES string of the molecule is CC[C@H](C(=O)N[C@@H](c1ccccc1)c1ccc(C)cc1)N(c1ccc(F)cc1)S(C)(=O)=O. The highest BCUT2D eigenvalue weighted by molar-refractivity contribution is 7.92. The van der Waals surface area contributed by atoms with Crippen LogP contribution < -0.4 is 9.62 Å². The summed E-state index contributed by atoms with van der Waals surface area (Å²) in [6.07, 6.45) is 1.28. The summed E-state index contributed by atoms with van der Waals surface area (Å²) in [6.45, 7) is 3.73. The molecule has 3 rings (SSSR count). The van der Waals surface area contributed by atoms with E-state index in [1.807, 2.05) is 61.5 Å². The van der Waals surface area contributed by atoms with Crippen molar-refractivity contribution in [2.75, 3.05) is 10.6 Å². The van der Waals surface area contributed by atoms with Crippen molar-refractivity contribution in [1.29, 1.82) is 0 Å². The van der Waals surface area contributed by atoms with Crippen molar-refractivity contribution in [3.05, 3.63) is 101 Å². The topological polar surface area (TPSA) is 66.5 Å². The summed E-state index contributed by atoms with van der Waals surface area (Å²) in [5.41, 5.74) is 3.10. The van der Waals surface area contributed by atoms with Crippen molar-refractivity contribution in [1.82, 2.24) is 5.32 Å². The maximum atomic E-state index is 13.4. The highest BCUT2D eigenvalue weighted by Crippen LogP contribution is 2.26. The molecular formula is C25H27FN2O3S. The van der Waals surface area contributed by atoms with Crippen LogP contribution in [-0.2, 0) is 14.8 Å². The van der Waals surface area contributed by atoms with Crippen LogP contribution in [0.2, 0.25) is 0 Å². The minimum Gasteiger partial charge on any atom is -0.343 e. The van der Waals surface area contributed by atoms with Gasteiger partial charge in [0, 0.05) is 0 Å². The van der Waals surface area contributed by atoms with Crippen molar-refractivity contribution in [3.8, 4) is 0 Å². The molecule has 0 aromatic heterocycles. The highest BCUT2D eigenvalue weighted by atomic mass is 32.2. The Kier molecular flexibility index (Phi) is 7.30. The number of halogens is 1. The number of hydrogen-bond donors (Lipinski definition) is 1. The molecule has 7 heteroatoms. The lowest BCUT2D eigenvalue weighted by Crippen LogP contribution is -2.50. The molecule has 5 nitrogen and oxygen atoms in total. The van der Waals surface area contributed by atoms with Crippen LogP contribution in [-0.4, -0.2) is 26.6 Å². The average molecular weight is 455 g/mol. The van der Waals surface area contributed by atoms with Crippen LogP contribution in [0.1, 0.15) is 36.1 Å². The second kappa shape index (κ2) is 9.96. The van der Waals surface area contributed by atoms with Crippen molar-refractivity contribution in [2.45, 2.75) is 32.4 Å². The minimum atomic E-state index is -3.81. The molecule has 32 heavy (non-hydrogen) atoms. The Balaban J connectivity index is 1.98. The molecule has 0 aliphatic heterocycles. The number of nitrogens with zero attached hydrogens (tertiary/aromatic N) is 1. The third-order valence-electron chi connectivity index (χ3n) is 5.24. The van der Waals surface area contributed by atoms with Gasteiger partial charge in [-0.2, -0.15) is 0 Å². The first kappa shape index (κ1) is 23.5. The molecule has 3 aromatic rings.